The quantitative estimate of drug-likeness (QED) is 0.609. The molecule has 0 spiro atoms. The molecule has 18 heavy (non-hydrogen) atoms. The molecule has 1 atom stereocenters. The van der Waals surface area contributed by atoms with Gasteiger partial charge in [-0.2, -0.15) is 0 Å². The van der Waals surface area contributed by atoms with Gasteiger partial charge in [0, 0.05) is 19.2 Å². The zero-order valence-corrected chi connectivity index (χ0v) is 11.1. The molecule has 100 valence electrons. The van der Waals surface area contributed by atoms with Crippen LogP contribution in [0.15, 0.2) is 6.07 Å². The number of aryl methyl sites for hydroxylation is 1. The Kier molecular flexibility index (Phi) is 5.24. The second-order valence-corrected chi connectivity index (χ2v) is 5.39. The van der Waals surface area contributed by atoms with Crippen LogP contribution in [0.25, 0.3) is 0 Å². The average Bonchev–Trinajstić information content (AvgIpc) is 2.69. The lowest BCUT2D eigenvalue weighted by atomic mass is 10.1. The van der Waals surface area contributed by atoms with E-state index in [0.717, 1.165) is 11.3 Å². The summed E-state index contributed by atoms with van der Waals surface area (Å²) in [6, 6.07) is 1.30. The fourth-order valence-corrected chi connectivity index (χ4v) is 2.35. The Morgan fingerprint density at radius 1 is 1.67 bits per heavy atom. The van der Waals surface area contributed by atoms with Crippen LogP contribution in [0.5, 0.6) is 0 Å². The van der Waals surface area contributed by atoms with E-state index in [1.165, 1.54) is 6.07 Å². The molecule has 0 saturated carbocycles. The van der Waals surface area contributed by atoms with Crippen LogP contribution in [-0.4, -0.2) is 29.1 Å². The van der Waals surface area contributed by atoms with E-state index in [1.54, 1.807) is 6.92 Å². The minimum Gasteiger partial charge on any atom is -0.396 e. The summed E-state index contributed by atoms with van der Waals surface area (Å²) in [6.45, 7) is 4.07. The molecule has 1 heterocycles. The lowest BCUT2D eigenvalue weighted by Gasteiger charge is -2.09. The fourth-order valence-electron chi connectivity index (χ4n) is 1.44. The van der Waals surface area contributed by atoms with E-state index in [9.17, 15) is 14.9 Å². The van der Waals surface area contributed by atoms with Crippen LogP contribution in [0.3, 0.4) is 0 Å². The van der Waals surface area contributed by atoms with Crippen molar-refractivity contribution < 1.29 is 14.8 Å². The number of rotatable bonds is 6. The number of aliphatic hydroxyl groups excluding tert-OH is 1. The van der Waals surface area contributed by atoms with Gasteiger partial charge in [-0.3, -0.25) is 14.9 Å². The first-order chi connectivity index (χ1) is 8.45. The number of carbonyl (C=O) groups is 1. The standard InChI is InChI=1S/C11H16N2O4S/c1-7(3-4-14)6-12-11(15)10-5-9(13(16)17)8(2)18-10/h5,7,14H,3-4,6H2,1-2H3,(H,12,15). The predicted octanol–water partition coefficient (Wildman–Crippen LogP) is 1.71. The number of nitro groups is 1. The molecule has 7 heteroatoms. The molecule has 0 aromatic carbocycles. The molecule has 0 fully saturated rings. The monoisotopic (exact) mass is 272 g/mol. The third-order valence-corrected chi connectivity index (χ3v) is 3.58. The molecule has 6 nitrogen and oxygen atoms in total. The molecule has 0 bridgehead atoms. The number of nitrogens with one attached hydrogen (secondary N) is 1. The van der Waals surface area contributed by atoms with Gasteiger partial charge in [0.2, 0.25) is 0 Å². The SMILES string of the molecule is Cc1sc(C(=O)NCC(C)CCO)cc1[N+](=O)[O-]. The van der Waals surface area contributed by atoms with Crippen LogP contribution >= 0.6 is 11.3 Å². The van der Waals surface area contributed by atoms with Crippen LogP contribution in [0.1, 0.15) is 27.9 Å². The normalized spacial score (nSPS) is 12.2. The largest absolute Gasteiger partial charge is 0.396 e. The molecule has 0 radical (unpaired) electrons. The second-order valence-electron chi connectivity index (χ2n) is 4.14. The van der Waals surface area contributed by atoms with Gasteiger partial charge in [0.15, 0.2) is 0 Å². The van der Waals surface area contributed by atoms with E-state index < -0.39 is 4.92 Å². The molecule has 0 saturated heterocycles. The number of hydrogen-bond acceptors (Lipinski definition) is 5. The molecule has 1 aromatic heterocycles. The minimum absolute atomic E-state index is 0.0199. The third-order valence-electron chi connectivity index (χ3n) is 2.55. The van der Waals surface area contributed by atoms with Crippen molar-refractivity contribution in [2.45, 2.75) is 20.3 Å². The summed E-state index contributed by atoms with van der Waals surface area (Å²) in [5.41, 5.74) is -0.0199. The number of nitrogens with zero attached hydrogens (tertiary/aromatic N) is 1. The van der Waals surface area contributed by atoms with E-state index >= 15 is 0 Å². The van der Waals surface area contributed by atoms with Gasteiger partial charge in [-0.15, -0.1) is 11.3 Å². The first kappa shape index (κ1) is 14.6. The molecule has 2 N–H and O–H groups in total. The van der Waals surface area contributed by atoms with Crippen molar-refractivity contribution >= 4 is 22.9 Å². The van der Waals surface area contributed by atoms with Crippen LogP contribution in [0.4, 0.5) is 5.69 Å². The lowest BCUT2D eigenvalue weighted by molar-refractivity contribution is -0.385. The van der Waals surface area contributed by atoms with E-state index in [-0.39, 0.29) is 24.1 Å². The van der Waals surface area contributed by atoms with Gasteiger partial charge in [0.25, 0.3) is 11.6 Å². The molecular weight excluding hydrogens is 256 g/mol. The Hall–Kier alpha value is -1.47. The maximum absolute atomic E-state index is 11.8. The topological polar surface area (TPSA) is 92.5 Å². The molecule has 1 unspecified atom stereocenters. The Morgan fingerprint density at radius 2 is 2.33 bits per heavy atom. The maximum Gasteiger partial charge on any atom is 0.283 e. The van der Waals surface area contributed by atoms with Crippen molar-refractivity contribution in [3.63, 3.8) is 0 Å². The Morgan fingerprint density at radius 3 is 2.83 bits per heavy atom. The lowest BCUT2D eigenvalue weighted by Crippen LogP contribution is -2.28. The van der Waals surface area contributed by atoms with Gasteiger partial charge in [-0.1, -0.05) is 6.92 Å². The second kappa shape index (κ2) is 6.46. The summed E-state index contributed by atoms with van der Waals surface area (Å²) in [6.07, 6.45) is 0.615. The Bertz CT molecular complexity index is 444. The van der Waals surface area contributed by atoms with Crippen molar-refractivity contribution in [2.24, 2.45) is 5.92 Å². The molecule has 1 rings (SSSR count). The fraction of sp³-hybridized carbons (Fsp3) is 0.545. The molecule has 0 aliphatic carbocycles. The maximum atomic E-state index is 11.8. The first-order valence-corrected chi connectivity index (χ1v) is 6.41. The van der Waals surface area contributed by atoms with Gasteiger partial charge in [-0.25, -0.2) is 0 Å². The summed E-state index contributed by atoms with van der Waals surface area (Å²) in [7, 11) is 0. The highest BCUT2D eigenvalue weighted by Crippen LogP contribution is 2.27. The highest BCUT2D eigenvalue weighted by atomic mass is 32.1. The van der Waals surface area contributed by atoms with Crippen LogP contribution in [0, 0.1) is 23.0 Å². The van der Waals surface area contributed by atoms with E-state index in [0.29, 0.717) is 22.7 Å². The number of carbonyl (C=O) groups excluding carboxylic acids is 1. The van der Waals surface area contributed by atoms with Crippen molar-refractivity contribution in [2.75, 3.05) is 13.2 Å². The number of amides is 1. The van der Waals surface area contributed by atoms with Gasteiger partial charge in [0.1, 0.15) is 0 Å². The van der Waals surface area contributed by atoms with Gasteiger partial charge < -0.3 is 10.4 Å². The summed E-state index contributed by atoms with van der Waals surface area (Å²) in [4.78, 5) is 22.8. The molecule has 0 aliphatic rings. The van der Waals surface area contributed by atoms with Gasteiger partial charge in [-0.05, 0) is 19.3 Å². The molecule has 0 aliphatic heterocycles. The van der Waals surface area contributed by atoms with Crippen molar-refractivity contribution in [3.8, 4) is 0 Å². The average molecular weight is 272 g/mol. The first-order valence-electron chi connectivity index (χ1n) is 5.59. The van der Waals surface area contributed by atoms with Crippen LogP contribution < -0.4 is 5.32 Å². The summed E-state index contributed by atoms with van der Waals surface area (Å²) >= 11 is 1.11. The van der Waals surface area contributed by atoms with Crippen molar-refractivity contribution in [1.82, 2.24) is 5.32 Å². The summed E-state index contributed by atoms with van der Waals surface area (Å²) < 4.78 is 0. The van der Waals surface area contributed by atoms with Gasteiger partial charge >= 0.3 is 0 Å². The Balaban J connectivity index is 2.62. The number of aliphatic hydroxyl groups is 1. The molecule has 1 amide bonds. The zero-order valence-electron chi connectivity index (χ0n) is 10.3. The van der Waals surface area contributed by atoms with Crippen LogP contribution in [0.2, 0.25) is 0 Å². The number of hydrogen-bond donors (Lipinski definition) is 2. The highest BCUT2D eigenvalue weighted by molar-refractivity contribution is 7.14. The molecular formula is C11H16N2O4S. The zero-order chi connectivity index (χ0) is 13.7. The summed E-state index contributed by atoms with van der Waals surface area (Å²) in [5.74, 6) is -0.129. The van der Waals surface area contributed by atoms with Crippen LogP contribution in [-0.2, 0) is 0 Å². The molecule has 1 aromatic rings. The summed E-state index contributed by atoms with van der Waals surface area (Å²) in [5, 5.41) is 22.1. The van der Waals surface area contributed by atoms with Crippen molar-refractivity contribution in [1.29, 1.82) is 0 Å². The number of thiophene rings is 1. The van der Waals surface area contributed by atoms with Gasteiger partial charge in [0.05, 0.1) is 14.7 Å². The van der Waals surface area contributed by atoms with Crippen molar-refractivity contribution in [3.05, 3.63) is 25.9 Å². The van der Waals surface area contributed by atoms with E-state index in [2.05, 4.69) is 5.32 Å². The Labute approximate surface area is 109 Å². The highest BCUT2D eigenvalue weighted by Gasteiger charge is 2.19. The van der Waals surface area contributed by atoms with E-state index in [1.807, 2.05) is 6.92 Å². The smallest absolute Gasteiger partial charge is 0.283 e. The third kappa shape index (κ3) is 3.78. The minimum atomic E-state index is -0.489. The van der Waals surface area contributed by atoms with E-state index in [4.69, 9.17) is 5.11 Å². The predicted molar refractivity (Wildman–Crippen MR) is 68.9 cm³/mol.